The number of rotatable bonds is 1. The van der Waals surface area contributed by atoms with Crippen molar-refractivity contribution >= 4 is 22.9 Å². The molecule has 2 heterocycles. The van der Waals surface area contributed by atoms with Crippen molar-refractivity contribution in [2.75, 3.05) is 12.4 Å². The molecule has 0 saturated heterocycles. The van der Waals surface area contributed by atoms with Crippen molar-refractivity contribution in [3.8, 4) is 0 Å². The van der Waals surface area contributed by atoms with Crippen molar-refractivity contribution in [1.29, 1.82) is 0 Å². The minimum absolute atomic E-state index is 0.456. The number of hydrogen-bond acceptors (Lipinski definition) is 3. The molecule has 4 nitrogen and oxygen atoms in total. The summed E-state index contributed by atoms with van der Waals surface area (Å²) >= 11 is 5.83. The summed E-state index contributed by atoms with van der Waals surface area (Å²) in [6, 6.07) is 1.75. The smallest absolute Gasteiger partial charge is 0.177 e. The van der Waals surface area contributed by atoms with E-state index in [1.54, 1.807) is 16.8 Å². The molecule has 5 heteroatoms. The molecule has 0 fully saturated rings. The van der Waals surface area contributed by atoms with Crippen LogP contribution in [0.5, 0.6) is 0 Å². The molecular formula is C8H9ClN4. The highest BCUT2D eigenvalue weighted by Crippen LogP contribution is 2.18. The Morgan fingerprint density at radius 1 is 1.54 bits per heavy atom. The zero-order chi connectivity index (χ0) is 9.42. The lowest BCUT2D eigenvalue weighted by Gasteiger charge is -2.02. The highest BCUT2D eigenvalue weighted by molar-refractivity contribution is 6.29. The lowest BCUT2D eigenvalue weighted by Crippen LogP contribution is -1.99. The second kappa shape index (κ2) is 2.88. The monoisotopic (exact) mass is 196 g/mol. The van der Waals surface area contributed by atoms with Gasteiger partial charge >= 0.3 is 0 Å². The van der Waals surface area contributed by atoms with E-state index in [0.29, 0.717) is 5.15 Å². The van der Waals surface area contributed by atoms with Gasteiger partial charge in [-0.3, -0.25) is 0 Å². The van der Waals surface area contributed by atoms with Crippen molar-refractivity contribution in [2.45, 2.75) is 6.92 Å². The topological polar surface area (TPSA) is 42.2 Å². The Morgan fingerprint density at radius 3 is 3.00 bits per heavy atom. The van der Waals surface area contributed by atoms with E-state index in [1.807, 2.05) is 14.0 Å². The van der Waals surface area contributed by atoms with Crippen LogP contribution in [0.4, 0.5) is 5.69 Å². The number of nitrogens with one attached hydrogen (secondary N) is 1. The standard InChI is InChI=1S/C8H9ClN4/c1-5-4-11-8-6(10-2)3-7(9)12-13(5)8/h3-4,10H,1-2H3. The average Bonchev–Trinajstić information content (AvgIpc) is 2.47. The average molecular weight is 197 g/mol. The Balaban J connectivity index is 2.84. The van der Waals surface area contributed by atoms with Crippen LogP contribution in [0.25, 0.3) is 5.65 Å². The van der Waals surface area contributed by atoms with E-state index in [2.05, 4.69) is 15.4 Å². The van der Waals surface area contributed by atoms with Crippen LogP contribution in [0.1, 0.15) is 5.69 Å². The number of aryl methyl sites for hydroxylation is 1. The number of nitrogens with zero attached hydrogens (tertiary/aromatic N) is 3. The van der Waals surface area contributed by atoms with Crippen molar-refractivity contribution in [1.82, 2.24) is 14.6 Å². The van der Waals surface area contributed by atoms with Gasteiger partial charge in [0.15, 0.2) is 10.8 Å². The summed E-state index contributed by atoms with van der Waals surface area (Å²) in [6.07, 6.45) is 1.76. The van der Waals surface area contributed by atoms with Gasteiger partial charge in [-0.05, 0) is 6.92 Å². The second-order valence-corrected chi connectivity index (χ2v) is 3.15. The molecule has 13 heavy (non-hydrogen) atoms. The van der Waals surface area contributed by atoms with Crippen molar-refractivity contribution < 1.29 is 0 Å². The van der Waals surface area contributed by atoms with Crippen molar-refractivity contribution in [3.05, 3.63) is 23.1 Å². The maximum absolute atomic E-state index is 5.83. The molecule has 0 aliphatic carbocycles. The summed E-state index contributed by atoms with van der Waals surface area (Å²) in [5.41, 5.74) is 2.64. The minimum atomic E-state index is 0.456. The van der Waals surface area contributed by atoms with Gasteiger partial charge in [0, 0.05) is 13.1 Å². The molecule has 68 valence electrons. The molecule has 1 N–H and O–H groups in total. The molecule has 0 radical (unpaired) electrons. The Bertz CT molecular complexity index is 449. The van der Waals surface area contributed by atoms with E-state index in [0.717, 1.165) is 17.0 Å². The van der Waals surface area contributed by atoms with Gasteiger partial charge in [0.1, 0.15) is 0 Å². The third kappa shape index (κ3) is 1.23. The molecule has 2 aromatic rings. The summed E-state index contributed by atoms with van der Waals surface area (Å²) < 4.78 is 1.72. The minimum Gasteiger partial charge on any atom is -0.385 e. The van der Waals surface area contributed by atoms with Crippen LogP contribution >= 0.6 is 11.6 Å². The summed E-state index contributed by atoms with van der Waals surface area (Å²) in [5, 5.41) is 7.60. The molecule has 0 spiro atoms. The highest BCUT2D eigenvalue weighted by Gasteiger charge is 2.06. The van der Waals surface area contributed by atoms with E-state index in [1.165, 1.54) is 0 Å². The first-order chi connectivity index (χ1) is 6.22. The molecule has 0 aliphatic heterocycles. The van der Waals surface area contributed by atoms with Crippen LogP contribution in [-0.2, 0) is 0 Å². The SMILES string of the molecule is CNc1cc(Cl)nn2c(C)cnc12. The fourth-order valence-corrected chi connectivity index (χ4v) is 1.42. The maximum Gasteiger partial charge on any atom is 0.177 e. The molecule has 0 saturated carbocycles. The molecule has 0 atom stereocenters. The zero-order valence-electron chi connectivity index (χ0n) is 7.37. The molecule has 0 bridgehead atoms. The largest absolute Gasteiger partial charge is 0.385 e. The number of halogens is 1. The third-order valence-electron chi connectivity index (χ3n) is 1.88. The Kier molecular flexibility index (Phi) is 1.84. The van der Waals surface area contributed by atoms with Gasteiger partial charge in [0.05, 0.1) is 17.6 Å². The van der Waals surface area contributed by atoms with Crippen LogP contribution < -0.4 is 5.32 Å². The fourth-order valence-electron chi connectivity index (χ4n) is 1.23. The summed E-state index contributed by atoms with van der Waals surface area (Å²) in [5.74, 6) is 0. The first-order valence-corrected chi connectivity index (χ1v) is 4.29. The van der Waals surface area contributed by atoms with Gasteiger partial charge in [0.25, 0.3) is 0 Å². The summed E-state index contributed by atoms with van der Waals surface area (Å²) in [7, 11) is 1.83. The normalized spacial score (nSPS) is 10.7. The number of anilines is 1. The molecule has 2 rings (SSSR count). The van der Waals surface area contributed by atoms with E-state index in [9.17, 15) is 0 Å². The van der Waals surface area contributed by atoms with E-state index >= 15 is 0 Å². The molecule has 2 aromatic heterocycles. The van der Waals surface area contributed by atoms with Crippen LogP contribution in [0.2, 0.25) is 5.15 Å². The van der Waals surface area contributed by atoms with Crippen LogP contribution in [-0.4, -0.2) is 21.6 Å². The van der Waals surface area contributed by atoms with Gasteiger partial charge in [-0.2, -0.15) is 5.10 Å². The van der Waals surface area contributed by atoms with Gasteiger partial charge in [-0.25, -0.2) is 9.50 Å². The molecule has 0 aromatic carbocycles. The highest BCUT2D eigenvalue weighted by atomic mass is 35.5. The first kappa shape index (κ1) is 8.31. The van der Waals surface area contributed by atoms with Gasteiger partial charge in [-0.15, -0.1) is 0 Å². The second-order valence-electron chi connectivity index (χ2n) is 2.77. The predicted octanol–water partition coefficient (Wildman–Crippen LogP) is 1.73. The molecule has 0 unspecified atom stereocenters. The number of fused-ring (bicyclic) bond motifs is 1. The van der Waals surface area contributed by atoms with Gasteiger partial charge in [0.2, 0.25) is 0 Å². The zero-order valence-corrected chi connectivity index (χ0v) is 8.13. The van der Waals surface area contributed by atoms with Crippen LogP contribution in [0, 0.1) is 6.92 Å². The van der Waals surface area contributed by atoms with Gasteiger partial charge in [-0.1, -0.05) is 11.6 Å². The van der Waals surface area contributed by atoms with Crippen molar-refractivity contribution in [2.24, 2.45) is 0 Å². The van der Waals surface area contributed by atoms with Crippen LogP contribution in [0.15, 0.2) is 12.3 Å². The summed E-state index contributed by atoms with van der Waals surface area (Å²) in [4.78, 5) is 4.21. The van der Waals surface area contributed by atoms with E-state index in [4.69, 9.17) is 11.6 Å². The lowest BCUT2D eigenvalue weighted by molar-refractivity contribution is 0.901. The number of imidazole rings is 1. The van der Waals surface area contributed by atoms with Crippen LogP contribution in [0.3, 0.4) is 0 Å². The Labute approximate surface area is 80.5 Å². The predicted molar refractivity (Wildman–Crippen MR) is 52.3 cm³/mol. The molecule has 0 amide bonds. The Hall–Kier alpha value is -1.29. The molecule has 0 aliphatic rings. The maximum atomic E-state index is 5.83. The van der Waals surface area contributed by atoms with E-state index < -0.39 is 0 Å². The number of hydrogen-bond donors (Lipinski definition) is 1. The third-order valence-corrected chi connectivity index (χ3v) is 2.06. The first-order valence-electron chi connectivity index (χ1n) is 3.91. The summed E-state index contributed by atoms with van der Waals surface area (Å²) in [6.45, 7) is 1.93. The Morgan fingerprint density at radius 2 is 2.31 bits per heavy atom. The fraction of sp³-hybridized carbons (Fsp3) is 0.250. The number of aromatic nitrogens is 3. The van der Waals surface area contributed by atoms with Crippen molar-refractivity contribution in [3.63, 3.8) is 0 Å². The van der Waals surface area contributed by atoms with E-state index in [-0.39, 0.29) is 0 Å². The lowest BCUT2D eigenvalue weighted by atomic mass is 10.4. The molecular weight excluding hydrogens is 188 g/mol. The quantitative estimate of drug-likeness (QED) is 0.756. The van der Waals surface area contributed by atoms with Gasteiger partial charge < -0.3 is 5.32 Å².